The van der Waals surface area contributed by atoms with Crippen molar-refractivity contribution >= 4 is 23.7 Å². The molecule has 0 saturated heterocycles. The van der Waals surface area contributed by atoms with Crippen LogP contribution in [0.25, 0.3) is 6.08 Å². The van der Waals surface area contributed by atoms with Gasteiger partial charge in [-0.25, -0.2) is 10.9 Å². The topological polar surface area (TPSA) is 168 Å². The molecule has 0 fully saturated rings. The van der Waals surface area contributed by atoms with Crippen LogP contribution in [0.5, 0.6) is 0 Å². The molecule has 0 aliphatic carbocycles. The van der Waals surface area contributed by atoms with E-state index in [1.807, 2.05) is 0 Å². The van der Waals surface area contributed by atoms with Gasteiger partial charge in [0.25, 0.3) is 11.8 Å². The first-order chi connectivity index (χ1) is 11.9. The Morgan fingerprint density at radius 3 is 2.56 bits per heavy atom. The van der Waals surface area contributed by atoms with Crippen molar-refractivity contribution in [3.8, 4) is 0 Å². The summed E-state index contributed by atoms with van der Waals surface area (Å²) in [5, 5.41) is 35.5. The molecular weight excluding hydrogens is 334 g/mol. The second-order valence-corrected chi connectivity index (χ2v) is 4.90. The molecular formula is C15H19N3O7. The van der Waals surface area contributed by atoms with Crippen LogP contribution in [0.3, 0.4) is 0 Å². The van der Waals surface area contributed by atoms with Gasteiger partial charge >= 0.3 is 0 Å². The molecule has 10 nitrogen and oxygen atoms in total. The van der Waals surface area contributed by atoms with Gasteiger partial charge in [0.2, 0.25) is 0 Å². The molecule has 10 heteroatoms. The summed E-state index contributed by atoms with van der Waals surface area (Å²) in [4.78, 5) is 34.4. The van der Waals surface area contributed by atoms with Gasteiger partial charge in [0.1, 0.15) is 12.2 Å². The summed E-state index contributed by atoms with van der Waals surface area (Å²) in [6.45, 7) is -1.23. The third-order valence-electron chi connectivity index (χ3n) is 3.03. The number of nitrogens with one attached hydrogen (secondary N) is 3. The number of hydrogen-bond donors (Lipinski definition) is 7. The van der Waals surface area contributed by atoms with Crippen molar-refractivity contribution in [2.75, 3.05) is 13.2 Å². The van der Waals surface area contributed by atoms with E-state index in [2.05, 4.69) is 10.9 Å². The van der Waals surface area contributed by atoms with Gasteiger partial charge in [0, 0.05) is 11.6 Å². The van der Waals surface area contributed by atoms with Crippen LogP contribution in [-0.2, 0) is 9.59 Å². The highest BCUT2D eigenvalue weighted by Gasteiger charge is 2.23. The number of hydrogen-bond acceptors (Lipinski definition) is 8. The first-order valence-corrected chi connectivity index (χ1v) is 7.14. The minimum absolute atomic E-state index is 0.224. The van der Waals surface area contributed by atoms with Crippen molar-refractivity contribution in [2.24, 2.45) is 0 Å². The molecule has 0 saturated carbocycles. The zero-order valence-electron chi connectivity index (χ0n) is 13.0. The van der Waals surface area contributed by atoms with Crippen LogP contribution in [-0.4, -0.2) is 63.5 Å². The summed E-state index contributed by atoms with van der Waals surface area (Å²) in [7, 11) is 0. The molecule has 1 aromatic carbocycles. The van der Waals surface area contributed by atoms with Crippen LogP contribution in [0.15, 0.2) is 30.3 Å². The zero-order valence-corrected chi connectivity index (χ0v) is 13.0. The van der Waals surface area contributed by atoms with E-state index in [9.17, 15) is 19.5 Å². The third-order valence-corrected chi connectivity index (χ3v) is 3.03. The van der Waals surface area contributed by atoms with Gasteiger partial charge in [-0.15, -0.1) is 0 Å². The molecule has 2 atom stereocenters. The van der Waals surface area contributed by atoms with Gasteiger partial charge in [0.15, 0.2) is 5.78 Å². The second-order valence-electron chi connectivity index (χ2n) is 4.90. The summed E-state index contributed by atoms with van der Waals surface area (Å²) in [6.07, 6.45) is -0.904. The minimum atomic E-state index is -1.76. The smallest absolute Gasteiger partial charge is 0.267 e. The summed E-state index contributed by atoms with van der Waals surface area (Å²) >= 11 is 0. The number of Topliss-reactive ketones (excluding diaryl/α,β-unsaturated/α-hetero) is 1. The van der Waals surface area contributed by atoms with Crippen LogP contribution >= 0.6 is 0 Å². The third kappa shape index (κ3) is 6.79. The highest BCUT2D eigenvalue weighted by atomic mass is 16.5. The average Bonchev–Trinajstić information content (AvgIpc) is 2.64. The maximum absolute atomic E-state index is 12.0. The monoisotopic (exact) mass is 353 g/mol. The van der Waals surface area contributed by atoms with E-state index in [1.165, 1.54) is 23.7 Å². The molecule has 25 heavy (non-hydrogen) atoms. The van der Waals surface area contributed by atoms with Crippen LogP contribution in [0.2, 0.25) is 0 Å². The number of rotatable bonds is 9. The molecule has 7 N–H and O–H groups in total. The van der Waals surface area contributed by atoms with E-state index in [-0.39, 0.29) is 5.56 Å². The Balaban J connectivity index is 2.56. The fourth-order valence-electron chi connectivity index (χ4n) is 1.70. The van der Waals surface area contributed by atoms with Gasteiger partial charge in [-0.2, -0.15) is 0 Å². The number of hydroxylamine groups is 1. The van der Waals surface area contributed by atoms with Crippen molar-refractivity contribution in [3.05, 3.63) is 41.5 Å². The largest absolute Gasteiger partial charge is 0.394 e. The Kier molecular flexibility index (Phi) is 8.39. The molecule has 0 bridgehead atoms. The number of ketones is 1. The average molecular weight is 353 g/mol. The van der Waals surface area contributed by atoms with E-state index in [0.29, 0.717) is 5.56 Å². The zero-order chi connectivity index (χ0) is 18.8. The standard InChI is InChI=1S/C15H19N3O7/c19-8-12(21)14(23)11(20)7-16-17-15(24)10-3-1-2-9(6-10)4-5-13(22)18-25/h1-6,12,14,16,19,21,23,25H,7-8H2,(H,17,24)(H,18,22)/b5-4+/t12-,14-/m1/s1. The van der Waals surface area contributed by atoms with Crippen molar-refractivity contribution in [1.82, 2.24) is 16.3 Å². The van der Waals surface area contributed by atoms with Crippen molar-refractivity contribution in [2.45, 2.75) is 12.2 Å². The SMILES string of the molecule is O=C(/C=C/c1cccc(C(=O)NNCC(=O)[C@@H](O)[C@H](O)CO)c1)NO. The molecule has 0 spiro atoms. The summed E-state index contributed by atoms with van der Waals surface area (Å²) < 4.78 is 0. The normalized spacial score (nSPS) is 13.3. The Hall–Kier alpha value is -2.63. The van der Waals surface area contributed by atoms with E-state index in [0.717, 1.165) is 6.08 Å². The van der Waals surface area contributed by atoms with Gasteiger partial charge in [0.05, 0.1) is 13.2 Å². The fraction of sp³-hybridized carbons (Fsp3) is 0.267. The Bertz CT molecular complexity index is 648. The number of amides is 2. The molecule has 0 radical (unpaired) electrons. The van der Waals surface area contributed by atoms with E-state index in [4.69, 9.17) is 15.4 Å². The van der Waals surface area contributed by atoms with Crippen LogP contribution in [0, 0.1) is 0 Å². The lowest BCUT2D eigenvalue weighted by Gasteiger charge is -2.14. The highest BCUT2D eigenvalue weighted by Crippen LogP contribution is 2.07. The predicted octanol–water partition coefficient (Wildman–Crippen LogP) is -2.28. The first-order valence-electron chi connectivity index (χ1n) is 7.14. The molecule has 0 aliphatic heterocycles. The van der Waals surface area contributed by atoms with Gasteiger partial charge in [-0.1, -0.05) is 12.1 Å². The van der Waals surface area contributed by atoms with Gasteiger partial charge in [-0.05, 0) is 23.8 Å². The number of hydrazine groups is 1. The maximum Gasteiger partial charge on any atom is 0.267 e. The molecule has 2 amide bonds. The lowest BCUT2D eigenvalue weighted by Crippen LogP contribution is -2.46. The minimum Gasteiger partial charge on any atom is -0.394 e. The Morgan fingerprint density at radius 2 is 1.92 bits per heavy atom. The lowest BCUT2D eigenvalue weighted by molar-refractivity contribution is -0.133. The Labute approximate surface area is 142 Å². The maximum atomic E-state index is 12.0. The van der Waals surface area contributed by atoms with Crippen molar-refractivity contribution < 1.29 is 34.9 Å². The predicted molar refractivity (Wildman–Crippen MR) is 85.0 cm³/mol. The van der Waals surface area contributed by atoms with Crippen molar-refractivity contribution in [1.29, 1.82) is 0 Å². The molecule has 0 heterocycles. The molecule has 0 aromatic heterocycles. The van der Waals surface area contributed by atoms with Crippen LogP contribution < -0.4 is 16.3 Å². The van der Waals surface area contributed by atoms with E-state index >= 15 is 0 Å². The first kappa shape index (κ1) is 20.4. The Morgan fingerprint density at radius 1 is 1.20 bits per heavy atom. The quantitative estimate of drug-likeness (QED) is 0.148. The molecule has 1 rings (SSSR count). The number of carbonyl (C=O) groups excluding carboxylic acids is 3. The molecule has 0 unspecified atom stereocenters. The molecule has 136 valence electrons. The van der Waals surface area contributed by atoms with Gasteiger partial charge in [-0.3, -0.25) is 25.0 Å². The fourth-order valence-corrected chi connectivity index (χ4v) is 1.70. The number of benzene rings is 1. The summed E-state index contributed by atoms with van der Waals surface area (Å²) in [6, 6.07) is 6.15. The van der Waals surface area contributed by atoms with E-state index in [1.54, 1.807) is 12.1 Å². The summed E-state index contributed by atoms with van der Waals surface area (Å²) in [5.74, 6) is -2.11. The van der Waals surface area contributed by atoms with E-state index < -0.39 is 43.0 Å². The second kappa shape index (κ2) is 10.3. The lowest BCUT2D eigenvalue weighted by atomic mass is 10.1. The van der Waals surface area contributed by atoms with Gasteiger partial charge < -0.3 is 15.3 Å². The summed E-state index contributed by atoms with van der Waals surface area (Å²) in [5.41, 5.74) is 6.72. The number of aliphatic hydroxyl groups is 3. The van der Waals surface area contributed by atoms with Crippen LogP contribution in [0.4, 0.5) is 0 Å². The van der Waals surface area contributed by atoms with Crippen molar-refractivity contribution in [3.63, 3.8) is 0 Å². The molecule has 1 aromatic rings. The van der Waals surface area contributed by atoms with Crippen LogP contribution in [0.1, 0.15) is 15.9 Å². The highest BCUT2D eigenvalue weighted by molar-refractivity contribution is 5.95. The number of carbonyl (C=O) groups is 3. The number of aliphatic hydroxyl groups excluding tert-OH is 3. The molecule has 0 aliphatic rings.